The summed E-state index contributed by atoms with van der Waals surface area (Å²) in [5, 5.41) is 21.5. The molecule has 0 rings (SSSR count). The summed E-state index contributed by atoms with van der Waals surface area (Å²) >= 11 is 0. The van der Waals surface area contributed by atoms with E-state index in [9.17, 15) is 0 Å². The first-order valence-corrected chi connectivity index (χ1v) is 0.775. The van der Waals surface area contributed by atoms with E-state index in [0.29, 0.717) is 0 Å². The Morgan fingerprint density at radius 2 is 1.20 bits per heavy atom. The Labute approximate surface area is 53.6 Å². The summed E-state index contributed by atoms with van der Waals surface area (Å²) < 4.78 is 0. The van der Waals surface area contributed by atoms with Crippen LogP contribution >= 0.6 is 0 Å². The predicted octanol–water partition coefficient (Wildman–Crippen LogP) is -2.19. The van der Waals surface area contributed by atoms with E-state index in [-0.39, 0.29) is 31.0 Å². The third-order valence-corrected chi connectivity index (χ3v) is 0. The van der Waals surface area contributed by atoms with Gasteiger partial charge in [-0.3, -0.25) is 0 Å². The van der Waals surface area contributed by atoms with E-state index < -0.39 is 7.32 Å². The number of rotatable bonds is 0. The largest absolute Gasteiger partial charge is 0.631 e. The second-order valence-corrected chi connectivity index (χ2v) is 0.346. The normalized spacial score (nSPS) is 5.40. The molecule has 0 aromatic heterocycles. The van der Waals surface area contributed by atoms with Crippen molar-refractivity contribution in [3.8, 4) is 0 Å². The second kappa shape index (κ2) is 4.94. The maximum atomic E-state index is 7.17. The van der Waals surface area contributed by atoms with Gasteiger partial charge >= 0.3 is 7.32 Å². The molecule has 5 heavy (non-hydrogen) atoms. The molecule has 5 heteroatoms. The van der Waals surface area contributed by atoms with Crippen molar-refractivity contribution < 1.29 is 16.5 Å². The summed E-state index contributed by atoms with van der Waals surface area (Å²) in [7, 11) is -2.17. The summed E-state index contributed by atoms with van der Waals surface area (Å²) in [6.45, 7) is 0. The molecule has 0 spiro atoms. The van der Waals surface area contributed by atoms with Crippen LogP contribution in [0.3, 0.4) is 0 Å². The van der Waals surface area contributed by atoms with Gasteiger partial charge in [-0.15, -0.1) is 0 Å². The average molecular weight is 86.8 g/mol. The molecule has 0 saturated carbocycles. The van der Waals surface area contributed by atoms with Gasteiger partial charge in [0.15, 0.2) is 0 Å². The fourth-order valence-corrected chi connectivity index (χ4v) is 0. The molecule has 0 amide bonds. The Kier molecular flexibility index (Phi) is 9.24. The quantitative estimate of drug-likeness (QED) is 0.294. The van der Waals surface area contributed by atoms with E-state index in [1.54, 1.807) is 0 Å². The van der Waals surface area contributed by atoms with Crippen molar-refractivity contribution in [2.75, 3.05) is 0 Å². The topological polar surface area (TPSA) is 60.7 Å². The smallest absolute Gasteiger partial charge is 0.402 e. The minimum atomic E-state index is -2.17. The first-order chi connectivity index (χ1) is 1.73. The molecule has 0 saturated heterocycles. The molecule has 3 nitrogen and oxygen atoms in total. The van der Waals surface area contributed by atoms with Crippen LogP contribution in [-0.4, -0.2) is 52.0 Å². The molecule has 0 bridgehead atoms. The molecule has 0 atom stereocenters. The van der Waals surface area contributed by atoms with Crippen molar-refractivity contribution in [2.24, 2.45) is 0 Å². The zero-order valence-corrected chi connectivity index (χ0v) is 4.92. The first kappa shape index (κ1) is 9.34. The molecular weight excluding hydrogens is 81.8 g/mol. The van der Waals surface area contributed by atoms with Gasteiger partial charge in [0, 0.05) is 31.0 Å². The maximum absolute atomic E-state index is 7.17. The summed E-state index contributed by atoms with van der Waals surface area (Å²) in [5.41, 5.74) is 0. The van der Waals surface area contributed by atoms with Crippen LogP contribution in [-0.2, 0) is 0 Å². The number of hydrogen-bond acceptors (Lipinski definition) is 3. The van der Waals surface area contributed by atoms with E-state index in [1.165, 1.54) is 0 Å². The average Bonchev–Trinajstić information content (AvgIpc) is 0.811. The minimum Gasteiger partial charge on any atom is -0.402 e. The molecule has 1 radical (unpaired) electrons. The molecule has 0 aliphatic carbocycles. The first-order valence-electron chi connectivity index (χ1n) is 0.775. The molecule has 0 aliphatic heterocycles. The molecule has 0 aromatic rings. The van der Waals surface area contributed by atoms with Crippen LogP contribution in [0.2, 0.25) is 0 Å². The van der Waals surface area contributed by atoms with Crippen LogP contribution in [0.15, 0.2) is 0 Å². The van der Waals surface area contributed by atoms with E-state index >= 15 is 0 Å². The van der Waals surface area contributed by atoms with Crippen LogP contribution < -0.4 is 0 Å². The van der Waals surface area contributed by atoms with Crippen LogP contribution in [0.1, 0.15) is 1.43 Å². The van der Waals surface area contributed by atoms with Crippen molar-refractivity contribution in [2.45, 2.75) is 0 Å². The monoisotopic (exact) mass is 87.0 g/mol. The van der Waals surface area contributed by atoms with Crippen molar-refractivity contribution in [3.05, 3.63) is 0 Å². The molecule has 0 heterocycles. The van der Waals surface area contributed by atoms with Crippen molar-refractivity contribution in [1.29, 1.82) is 0 Å². The van der Waals surface area contributed by atoms with E-state index in [0.717, 1.165) is 0 Å². The standard InChI is InChI=1S/BH3O3.Na.H2/c2-1(3)4;;/h2-4H;;1H. The molecule has 0 fully saturated rings. The zero-order valence-electron chi connectivity index (χ0n) is 2.92. The Morgan fingerprint density at radius 1 is 1.20 bits per heavy atom. The Morgan fingerprint density at radius 3 is 1.20 bits per heavy atom. The third kappa shape index (κ3) is 48.0. The van der Waals surface area contributed by atoms with E-state index in [4.69, 9.17) is 15.1 Å². The van der Waals surface area contributed by atoms with Crippen LogP contribution in [0, 0.1) is 0 Å². The van der Waals surface area contributed by atoms with Gasteiger partial charge in [-0.25, -0.2) is 0 Å². The third-order valence-electron chi connectivity index (χ3n) is 0. The van der Waals surface area contributed by atoms with Gasteiger partial charge in [-0.05, 0) is 0 Å². The summed E-state index contributed by atoms with van der Waals surface area (Å²) in [6.07, 6.45) is 0. The second-order valence-electron chi connectivity index (χ2n) is 0.346. The number of hydrogen-bond donors (Lipinski definition) is 3. The minimum absolute atomic E-state index is 0. The van der Waals surface area contributed by atoms with E-state index in [1.807, 2.05) is 0 Å². The van der Waals surface area contributed by atoms with Crippen LogP contribution in [0.4, 0.5) is 0 Å². The Bertz CT molecular complexity index is 15.5. The van der Waals surface area contributed by atoms with Crippen LogP contribution in [0.25, 0.3) is 0 Å². The van der Waals surface area contributed by atoms with Gasteiger partial charge in [0.2, 0.25) is 0 Å². The van der Waals surface area contributed by atoms with Gasteiger partial charge in [0.05, 0.1) is 0 Å². The van der Waals surface area contributed by atoms with Gasteiger partial charge in [0.1, 0.15) is 0 Å². The molecule has 3 N–H and O–H groups in total. The molecule has 27 valence electrons. The maximum Gasteiger partial charge on any atom is 0.631 e. The summed E-state index contributed by atoms with van der Waals surface area (Å²) in [4.78, 5) is 0. The van der Waals surface area contributed by atoms with Crippen molar-refractivity contribution in [3.63, 3.8) is 0 Å². The molecule has 0 aromatic carbocycles. The van der Waals surface area contributed by atoms with Gasteiger partial charge in [0.25, 0.3) is 0 Å². The van der Waals surface area contributed by atoms with Gasteiger partial charge < -0.3 is 15.1 Å². The van der Waals surface area contributed by atoms with Gasteiger partial charge in [-0.2, -0.15) is 0 Å². The van der Waals surface area contributed by atoms with Crippen LogP contribution in [0.5, 0.6) is 0 Å². The molecular formula is H5BNaO3. The molecule has 0 unspecified atom stereocenters. The predicted molar refractivity (Wildman–Crippen MR) is 20.3 cm³/mol. The van der Waals surface area contributed by atoms with Crippen molar-refractivity contribution >= 4 is 36.9 Å². The Balaban J connectivity index is -0.0000000450. The zero-order chi connectivity index (χ0) is 3.58. The summed E-state index contributed by atoms with van der Waals surface area (Å²) in [6, 6.07) is 0. The van der Waals surface area contributed by atoms with E-state index in [2.05, 4.69) is 0 Å². The fourth-order valence-electron chi connectivity index (χ4n) is 0. The SMILES string of the molecule is OB(O)O.[HH].[Na]. The summed E-state index contributed by atoms with van der Waals surface area (Å²) in [5.74, 6) is 0. The molecule has 0 aliphatic rings. The van der Waals surface area contributed by atoms with Gasteiger partial charge in [-0.1, -0.05) is 0 Å². The fraction of sp³-hybridized carbons (Fsp3) is 0. The Hall–Kier alpha value is 0.945. The van der Waals surface area contributed by atoms with Crippen molar-refractivity contribution in [1.82, 2.24) is 0 Å².